The van der Waals surface area contributed by atoms with Crippen molar-refractivity contribution in [2.45, 2.75) is 30.7 Å². The van der Waals surface area contributed by atoms with Gasteiger partial charge in [0.05, 0.1) is 31.8 Å². The zero-order valence-corrected chi connectivity index (χ0v) is 17.9. The van der Waals surface area contributed by atoms with Gasteiger partial charge in [-0.05, 0) is 29.8 Å². The molecular weight excluding hydrogens is 436 g/mol. The Morgan fingerprint density at radius 1 is 0.939 bits per heavy atom. The predicted octanol–water partition coefficient (Wildman–Crippen LogP) is 0.656. The Labute approximate surface area is 188 Å². The Kier molecular flexibility index (Phi) is 6.54. The van der Waals surface area contributed by atoms with E-state index in [0.29, 0.717) is 28.0 Å². The third-order valence-corrected chi connectivity index (χ3v) is 5.54. The molecule has 1 aromatic heterocycles. The highest BCUT2D eigenvalue weighted by Crippen LogP contribution is 2.32. The summed E-state index contributed by atoms with van der Waals surface area (Å²) in [5.41, 5.74) is 0.866. The van der Waals surface area contributed by atoms with Crippen LogP contribution in [0.3, 0.4) is 0 Å². The van der Waals surface area contributed by atoms with Crippen LogP contribution in [0.2, 0.25) is 0 Å². The van der Waals surface area contributed by atoms with Gasteiger partial charge in [-0.25, -0.2) is 0 Å². The lowest BCUT2D eigenvalue weighted by Gasteiger charge is -2.39. The molecule has 1 aliphatic heterocycles. The topological polar surface area (TPSA) is 148 Å². The van der Waals surface area contributed by atoms with E-state index in [4.69, 9.17) is 23.4 Å². The fraction of sp³-hybridized carbons (Fsp3) is 0.348. The summed E-state index contributed by atoms with van der Waals surface area (Å²) in [6.07, 6.45) is -5.74. The van der Waals surface area contributed by atoms with Crippen LogP contribution in [-0.2, 0) is 4.74 Å². The number of aliphatic hydroxyl groups excluding tert-OH is 4. The van der Waals surface area contributed by atoms with Crippen LogP contribution in [0.1, 0.15) is 0 Å². The molecule has 0 bridgehead atoms. The molecule has 2 heterocycles. The third kappa shape index (κ3) is 4.26. The number of hydrogen-bond acceptors (Lipinski definition) is 10. The van der Waals surface area contributed by atoms with Gasteiger partial charge in [0.1, 0.15) is 42.0 Å². The summed E-state index contributed by atoms with van der Waals surface area (Å²) < 4.78 is 27.1. The van der Waals surface area contributed by atoms with Gasteiger partial charge in [0.2, 0.25) is 6.29 Å². The van der Waals surface area contributed by atoms with E-state index >= 15 is 0 Å². The van der Waals surface area contributed by atoms with Crippen LogP contribution in [0.4, 0.5) is 0 Å². The second kappa shape index (κ2) is 9.38. The van der Waals surface area contributed by atoms with E-state index in [9.17, 15) is 25.2 Å². The molecule has 0 aliphatic carbocycles. The average Bonchev–Trinajstić information content (AvgIpc) is 2.84. The smallest absolute Gasteiger partial charge is 0.229 e. The van der Waals surface area contributed by atoms with Gasteiger partial charge in [0.25, 0.3) is 0 Å². The number of ether oxygens (including phenoxy) is 4. The van der Waals surface area contributed by atoms with Gasteiger partial charge in [-0.1, -0.05) is 6.07 Å². The summed E-state index contributed by atoms with van der Waals surface area (Å²) in [5.74, 6) is 1.19. The van der Waals surface area contributed by atoms with E-state index in [1.54, 1.807) is 18.2 Å². The zero-order chi connectivity index (χ0) is 23.7. The molecule has 1 fully saturated rings. The fourth-order valence-electron chi connectivity index (χ4n) is 3.68. The monoisotopic (exact) mass is 460 g/mol. The molecule has 1 aliphatic rings. The minimum Gasteiger partial charge on any atom is -0.493 e. The van der Waals surface area contributed by atoms with E-state index < -0.39 is 37.3 Å². The van der Waals surface area contributed by atoms with Crippen molar-refractivity contribution in [3.05, 3.63) is 52.9 Å². The number of aliphatic hydroxyl groups is 4. The first-order valence-corrected chi connectivity index (χ1v) is 10.1. The van der Waals surface area contributed by atoms with Crippen LogP contribution in [0.5, 0.6) is 17.2 Å². The van der Waals surface area contributed by atoms with Crippen LogP contribution in [0, 0.1) is 0 Å². The number of rotatable bonds is 6. The van der Waals surface area contributed by atoms with E-state index in [1.807, 2.05) is 0 Å². The molecular formula is C23H24O10. The van der Waals surface area contributed by atoms with Crippen molar-refractivity contribution >= 4 is 11.0 Å². The van der Waals surface area contributed by atoms with Crippen molar-refractivity contribution in [2.75, 3.05) is 20.8 Å². The van der Waals surface area contributed by atoms with Crippen molar-refractivity contribution < 1.29 is 43.8 Å². The minimum atomic E-state index is -1.57. The van der Waals surface area contributed by atoms with Gasteiger partial charge in [0, 0.05) is 6.07 Å². The van der Waals surface area contributed by atoms with Crippen LogP contribution >= 0.6 is 0 Å². The van der Waals surface area contributed by atoms with Gasteiger partial charge in [0.15, 0.2) is 16.9 Å². The molecule has 0 spiro atoms. The summed E-state index contributed by atoms with van der Waals surface area (Å²) in [7, 11) is 3.02. The quantitative estimate of drug-likeness (QED) is 0.413. The number of hydrogen-bond donors (Lipinski definition) is 4. The lowest BCUT2D eigenvalue weighted by Crippen LogP contribution is -2.60. The molecule has 33 heavy (non-hydrogen) atoms. The molecule has 10 nitrogen and oxygen atoms in total. The van der Waals surface area contributed by atoms with Crippen molar-refractivity contribution in [2.24, 2.45) is 0 Å². The Hall–Kier alpha value is -3.15. The SMILES string of the molecule is COc1ccc(-c2coc3cc(OC4OC(CO)C(O)C(O)C4O)ccc3c2=O)cc1OC. The molecule has 5 unspecified atom stereocenters. The first-order chi connectivity index (χ1) is 15.9. The first kappa shape index (κ1) is 23.0. The first-order valence-electron chi connectivity index (χ1n) is 10.1. The predicted molar refractivity (Wildman–Crippen MR) is 115 cm³/mol. The Balaban J connectivity index is 1.63. The fourth-order valence-corrected chi connectivity index (χ4v) is 3.68. The highest BCUT2D eigenvalue weighted by Gasteiger charge is 2.44. The highest BCUT2D eigenvalue weighted by atomic mass is 16.7. The highest BCUT2D eigenvalue weighted by molar-refractivity contribution is 5.83. The van der Waals surface area contributed by atoms with E-state index in [1.165, 1.54) is 38.7 Å². The van der Waals surface area contributed by atoms with Gasteiger partial charge in [-0.2, -0.15) is 0 Å². The second-order valence-electron chi connectivity index (χ2n) is 7.52. The van der Waals surface area contributed by atoms with Crippen molar-refractivity contribution in [1.29, 1.82) is 0 Å². The van der Waals surface area contributed by atoms with Crippen LogP contribution < -0.4 is 19.6 Å². The molecule has 2 aromatic carbocycles. The minimum absolute atomic E-state index is 0.189. The third-order valence-electron chi connectivity index (χ3n) is 5.54. The molecule has 3 aromatic rings. The summed E-state index contributed by atoms with van der Waals surface area (Å²) in [4.78, 5) is 13.1. The molecule has 5 atom stereocenters. The van der Waals surface area contributed by atoms with E-state index in [2.05, 4.69) is 0 Å². The lowest BCUT2D eigenvalue weighted by atomic mass is 9.99. The molecule has 0 radical (unpaired) electrons. The van der Waals surface area contributed by atoms with Crippen LogP contribution in [0.25, 0.3) is 22.1 Å². The van der Waals surface area contributed by atoms with E-state index in [-0.39, 0.29) is 16.8 Å². The summed E-state index contributed by atoms with van der Waals surface area (Å²) in [5, 5.41) is 39.5. The molecule has 10 heteroatoms. The second-order valence-corrected chi connectivity index (χ2v) is 7.52. The summed E-state index contributed by atoms with van der Waals surface area (Å²) in [6, 6.07) is 9.51. The molecule has 176 valence electrons. The largest absolute Gasteiger partial charge is 0.493 e. The maximum absolute atomic E-state index is 13.1. The molecule has 4 N–H and O–H groups in total. The number of fused-ring (bicyclic) bond motifs is 1. The Morgan fingerprint density at radius 3 is 2.39 bits per heavy atom. The Morgan fingerprint density at radius 2 is 1.70 bits per heavy atom. The molecule has 1 saturated heterocycles. The van der Waals surface area contributed by atoms with Crippen LogP contribution in [-0.4, -0.2) is 72.0 Å². The van der Waals surface area contributed by atoms with Crippen molar-refractivity contribution in [3.8, 4) is 28.4 Å². The summed E-state index contributed by atoms with van der Waals surface area (Å²) in [6.45, 7) is -0.573. The maximum atomic E-state index is 13.1. The van der Waals surface area contributed by atoms with E-state index in [0.717, 1.165) is 0 Å². The normalized spacial score (nSPS) is 25.1. The Bertz CT molecular complexity index is 1190. The lowest BCUT2D eigenvalue weighted by molar-refractivity contribution is -0.277. The maximum Gasteiger partial charge on any atom is 0.229 e. The average molecular weight is 460 g/mol. The number of benzene rings is 2. The molecule has 0 amide bonds. The number of methoxy groups -OCH3 is 2. The van der Waals surface area contributed by atoms with Gasteiger partial charge >= 0.3 is 0 Å². The van der Waals surface area contributed by atoms with Crippen LogP contribution in [0.15, 0.2) is 51.9 Å². The molecule has 4 rings (SSSR count). The van der Waals surface area contributed by atoms with Gasteiger partial charge in [-0.3, -0.25) is 4.79 Å². The summed E-state index contributed by atoms with van der Waals surface area (Å²) >= 11 is 0. The van der Waals surface area contributed by atoms with Gasteiger partial charge < -0.3 is 43.8 Å². The standard InChI is InChI=1S/C23H24O10/c1-29-15-6-3-11(7-17(15)30-2)14-10-31-16-8-12(4-5-13(16)19(14)25)32-23-22(28)21(27)20(26)18(9-24)33-23/h3-8,10,18,20-24,26-28H,9H2,1-2H3. The van der Waals surface area contributed by atoms with Crippen molar-refractivity contribution in [1.82, 2.24) is 0 Å². The van der Waals surface area contributed by atoms with Crippen molar-refractivity contribution in [3.63, 3.8) is 0 Å². The molecule has 0 saturated carbocycles. The van der Waals surface area contributed by atoms with Gasteiger partial charge in [-0.15, -0.1) is 0 Å². The zero-order valence-electron chi connectivity index (χ0n) is 17.9.